The number of nitrogens with one attached hydrogen (secondary N) is 1. The lowest BCUT2D eigenvalue weighted by molar-refractivity contribution is 0.0364. The van der Waals surface area contributed by atoms with Crippen LogP contribution < -0.4 is 5.32 Å². The zero-order chi connectivity index (χ0) is 11.8. The molecule has 0 aliphatic rings. The van der Waals surface area contributed by atoms with Crippen molar-refractivity contribution < 1.29 is 4.74 Å². The first-order valence-corrected chi connectivity index (χ1v) is 5.60. The van der Waals surface area contributed by atoms with Crippen LogP contribution in [0.3, 0.4) is 0 Å². The van der Waals surface area contributed by atoms with Crippen molar-refractivity contribution >= 4 is 0 Å². The molecule has 0 spiro atoms. The van der Waals surface area contributed by atoms with Crippen LogP contribution in [0.5, 0.6) is 0 Å². The van der Waals surface area contributed by atoms with Gasteiger partial charge in [-0.15, -0.1) is 12.3 Å². The van der Waals surface area contributed by atoms with Gasteiger partial charge in [-0.2, -0.15) is 0 Å². The van der Waals surface area contributed by atoms with E-state index in [0.717, 1.165) is 0 Å². The maximum atomic E-state index is 5.78. The summed E-state index contributed by atoms with van der Waals surface area (Å²) in [5.74, 6) is 2.68. The zero-order valence-electron chi connectivity index (χ0n) is 9.94. The highest BCUT2D eigenvalue weighted by Gasteiger charge is 2.20. The van der Waals surface area contributed by atoms with Gasteiger partial charge in [-0.05, 0) is 19.5 Å². The van der Waals surface area contributed by atoms with Gasteiger partial charge in [0.1, 0.15) is 0 Å². The van der Waals surface area contributed by atoms with E-state index in [1.54, 1.807) is 0 Å². The molecule has 0 heterocycles. The minimum absolute atomic E-state index is 0.0206. The Kier molecular flexibility index (Phi) is 5.63. The van der Waals surface area contributed by atoms with Gasteiger partial charge in [-0.1, -0.05) is 30.3 Å². The molecule has 0 aliphatic heterocycles. The summed E-state index contributed by atoms with van der Waals surface area (Å²) >= 11 is 0. The molecule has 2 atom stereocenters. The Morgan fingerprint density at radius 1 is 1.38 bits per heavy atom. The van der Waals surface area contributed by atoms with Gasteiger partial charge in [0.15, 0.2) is 0 Å². The van der Waals surface area contributed by atoms with Crippen LogP contribution in [-0.2, 0) is 4.74 Å². The van der Waals surface area contributed by atoms with Crippen LogP contribution in [0.1, 0.15) is 25.0 Å². The van der Waals surface area contributed by atoms with E-state index in [9.17, 15) is 0 Å². The average molecular weight is 217 g/mol. The summed E-state index contributed by atoms with van der Waals surface area (Å²) in [6.45, 7) is 2.68. The summed E-state index contributed by atoms with van der Waals surface area (Å²) in [5.41, 5.74) is 1.17. The van der Waals surface area contributed by atoms with Gasteiger partial charge < -0.3 is 10.1 Å². The van der Waals surface area contributed by atoms with Crippen molar-refractivity contribution in [2.75, 3.05) is 13.7 Å². The molecule has 2 unspecified atom stereocenters. The molecule has 1 aromatic rings. The smallest absolute Gasteiger partial charge is 0.0986 e. The van der Waals surface area contributed by atoms with Crippen molar-refractivity contribution in [1.82, 2.24) is 5.32 Å². The quantitative estimate of drug-likeness (QED) is 0.739. The molecule has 1 N–H and O–H groups in total. The number of hydrogen-bond acceptors (Lipinski definition) is 2. The highest BCUT2D eigenvalue weighted by molar-refractivity contribution is 5.20. The predicted molar refractivity (Wildman–Crippen MR) is 67.1 cm³/mol. The summed E-state index contributed by atoms with van der Waals surface area (Å²) in [6.07, 6.45) is 6.05. The topological polar surface area (TPSA) is 21.3 Å². The molecule has 0 fully saturated rings. The summed E-state index contributed by atoms with van der Waals surface area (Å²) in [4.78, 5) is 0. The van der Waals surface area contributed by atoms with Crippen molar-refractivity contribution in [2.24, 2.45) is 0 Å². The number of ether oxygens (including phenoxy) is 1. The average Bonchev–Trinajstić information content (AvgIpc) is 2.35. The molecule has 0 radical (unpaired) electrons. The van der Waals surface area contributed by atoms with Crippen LogP contribution in [0.2, 0.25) is 0 Å². The van der Waals surface area contributed by atoms with Gasteiger partial charge in [0.05, 0.1) is 6.10 Å². The van der Waals surface area contributed by atoms with Crippen LogP contribution in [0.4, 0.5) is 0 Å². The van der Waals surface area contributed by atoms with Crippen molar-refractivity contribution in [3.8, 4) is 12.3 Å². The van der Waals surface area contributed by atoms with Gasteiger partial charge in [0.2, 0.25) is 0 Å². The summed E-state index contributed by atoms with van der Waals surface area (Å²) in [5, 5.41) is 3.22. The van der Waals surface area contributed by atoms with Crippen molar-refractivity contribution in [2.45, 2.75) is 25.5 Å². The number of likely N-dealkylation sites (N-methyl/N-ethyl adjacent to an activating group) is 1. The maximum absolute atomic E-state index is 5.78. The second-order valence-electron chi connectivity index (χ2n) is 3.59. The molecular formula is C14H19NO. The van der Waals surface area contributed by atoms with Crippen LogP contribution >= 0.6 is 0 Å². The van der Waals surface area contributed by atoms with Gasteiger partial charge >= 0.3 is 0 Å². The zero-order valence-corrected chi connectivity index (χ0v) is 9.94. The van der Waals surface area contributed by atoms with Gasteiger partial charge in [0, 0.05) is 19.1 Å². The van der Waals surface area contributed by atoms with E-state index < -0.39 is 0 Å². The summed E-state index contributed by atoms with van der Waals surface area (Å²) < 4.78 is 5.78. The third-order valence-electron chi connectivity index (χ3n) is 2.55. The largest absolute Gasteiger partial charge is 0.372 e. The lowest BCUT2D eigenvalue weighted by Crippen LogP contribution is -2.33. The fraction of sp³-hybridized carbons (Fsp3) is 0.429. The van der Waals surface area contributed by atoms with E-state index in [2.05, 4.69) is 23.4 Å². The van der Waals surface area contributed by atoms with E-state index in [0.29, 0.717) is 13.0 Å². The number of benzene rings is 1. The van der Waals surface area contributed by atoms with Crippen LogP contribution in [0.25, 0.3) is 0 Å². The summed E-state index contributed by atoms with van der Waals surface area (Å²) in [7, 11) is 1.91. The van der Waals surface area contributed by atoms with E-state index in [-0.39, 0.29) is 12.1 Å². The lowest BCUT2D eigenvalue weighted by Gasteiger charge is -2.25. The molecule has 0 amide bonds. The third kappa shape index (κ3) is 3.37. The maximum Gasteiger partial charge on any atom is 0.0986 e. The Balaban J connectivity index is 2.85. The highest BCUT2D eigenvalue weighted by atomic mass is 16.5. The lowest BCUT2D eigenvalue weighted by atomic mass is 10.00. The molecule has 2 nitrogen and oxygen atoms in total. The van der Waals surface area contributed by atoms with Gasteiger partial charge in [0.25, 0.3) is 0 Å². The SMILES string of the molecule is C#CCC(NC)C(OCC)c1ccccc1. The number of hydrogen-bond donors (Lipinski definition) is 1. The first kappa shape index (κ1) is 12.8. The van der Waals surface area contributed by atoms with Gasteiger partial charge in [-0.25, -0.2) is 0 Å². The molecular weight excluding hydrogens is 198 g/mol. The third-order valence-corrected chi connectivity index (χ3v) is 2.55. The fourth-order valence-electron chi connectivity index (χ4n) is 1.75. The molecule has 1 rings (SSSR count). The molecule has 0 saturated heterocycles. The fourth-order valence-corrected chi connectivity index (χ4v) is 1.75. The first-order chi connectivity index (χ1) is 7.83. The molecule has 16 heavy (non-hydrogen) atoms. The summed E-state index contributed by atoms with van der Waals surface area (Å²) in [6, 6.07) is 10.3. The normalized spacial score (nSPS) is 14.1. The molecule has 0 aromatic heterocycles. The Labute approximate surface area is 98.0 Å². The van der Waals surface area contributed by atoms with Crippen molar-refractivity contribution in [3.63, 3.8) is 0 Å². The number of rotatable bonds is 6. The van der Waals surface area contributed by atoms with Crippen molar-refractivity contribution in [3.05, 3.63) is 35.9 Å². The van der Waals surface area contributed by atoms with Crippen LogP contribution in [0.15, 0.2) is 30.3 Å². The van der Waals surface area contributed by atoms with E-state index in [1.807, 2.05) is 32.2 Å². The van der Waals surface area contributed by atoms with Gasteiger partial charge in [-0.3, -0.25) is 0 Å². The van der Waals surface area contributed by atoms with E-state index in [4.69, 9.17) is 11.2 Å². The Morgan fingerprint density at radius 2 is 2.06 bits per heavy atom. The van der Waals surface area contributed by atoms with E-state index >= 15 is 0 Å². The van der Waals surface area contributed by atoms with Crippen LogP contribution in [-0.4, -0.2) is 19.7 Å². The highest BCUT2D eigenvalue weighted by Crippen LogP contribution is 2.22. The molecule has 0 aliphatic carbocycles. The Bertz CT molecular complexity index is 328. The molecule has 1 aromatic carbocycles. The standard InChI is InChI=1S/C14H19NO/c1-4-9-13(15-3)14(16-5-2)12-10-7-6-8-11-12/h1,6-8,10-11,13-15H,5,9H2,2-3H3. The Hall–Kier alpha value is -1.30. The monoisotopic (exact) mass is 217 g/mol. The van der Waals surface area contributed by atoms with Crippen LogP contribution in [0, 0.1) is 12.3 Å². The minimum atomic E-state index is 0.0206. The Morgan fingerprint density at radius 3 is 2.56 bits per heavy atom. The minimum Gasteiger partial charge on any atom is -0.372 e. The van der Waals surface area contributed by atoms with Crippen molar-refractivity contribution in [1.29, 1.82) is 0 Å². The number of terminal acetylenes is 1. The second kappa shape index (κ2) is 7.05. The molecule has 2 heteroatoms. The second-order valence-corrected chi connectivity index (χ2v) is 3.59. The molecule has 0 saturated carbocycles. The molecule has 0 bridgehead atoms. The predicted octanol–water partition coefficient (Wildman–Crippen LogP) is 2.38. The molecule has 86 valence electrons. The first-order valence-electron chi connectivity index (χ1n) is 5.60. The van der Waals surface area contributed by atoms with E-state index in [1.165, 1.54) is 5.56 Å².